The van der Waals surface area contributed by atoms with Gasteiger partial charge in [0.1, 0.15) is 60.5 Å². The van der Waals surface area contributed by atoms with E-state index in [1.165, 1.54) is 57.6 Å². The van der Waals surface area contributed by atoms with Gasteiger partial charge in [-0.1, -0.05) is 95.8 Å². The number of hydrogen-bond donors (Lipinski definition) is 0. The van der Waals surface area contributed by atoms with Crippen LogP contribution in [0.2, 0.25) is 0 Å². The summed E-state index contributed by atoms with van der Waals surface area (Å²) in [4.78, 5) is 8.21. The molecule has 2 aromatic carbocycles. The van der Waals surface area contributed by atoms with E-state index in [0.717, 1.165) is 99.6 Å². The first-order valence-corrected chi connectivity index (χ1v) is 33.7. The molecule has 3 aliphatic heterocycles. The maximum Gasteiger partial charge on any atom is 0.762 e. The van der Waals surface area contributed by atoms with Gasteiger partial charge in [0.25, 0.3) is 4.34 Å². The molecule has 4 heterocycles. The fourth-order valence-electron chi connectivity index (χ4n) is 9.06. The summed E-state index contributed by atoms with van der Waals surface area (Å²) < 4.78 is 120. The minimum Gasteiger partial charge on any atom is -1.00 e. The predicted molar refractivity (Wildman–Crippen MR) is 327 cm³/mol. The summed E-state index contributed by atoms with van der Waals surface area (Å²) in [6, 6.07) is 35.1. The van der Waals surface area contributed by atoms with Crippen molar-refractivity contribution in [3.05, 3.63) is 135 Å². The van der Waals surface area contributed by atoms with Gasteiger partial charge in [0.2, 0.25) is 16.2 Å². The number of aryl methyl sites for hydroxylation is 2. The molecule has 488 valence electrons. The first kappa shape index (κ1) is 79.5. The lowest BCUT2D eigenvalue weighted by atomic mass is 9.90. The molecule has 0 fully saturated rings. The van der Waals surface area contributed by atoms with Crippen LogP contribution in [0.4, 0.5) is 18.6 Å². The fourth-order valence-corrected chi connectivity index (χ4v) is 12.7. The molecule has 0 unspecified atom stereocenters. The zero-order chi connectivity index (χ0) is 65.6. The first-order valence-electron chi connectivity index (χ1n) is 28.6. The van der Waals surface area contributed by atoms with Crippen LogP contribution in [0.1, 0.15) is 112 Å². The number of anilines is 1. The zero-order valence-electron chi connectivity index (χ0n) is 53.4. The monoisotopic (exact) mass is 1330 g/mol. The van der Waals surface area contributed by atoms with E-state index < -0.39 is 28.0 Å². The molecule has 0 bridgehead atoms. The summed E-state index contributed by atoms with van der Waals surface area (Å²) in [6.07, 6.45) is 4.65. The second kappa shape index (κ2) is 37.0. The number of rotatable bonds is 15. The Morgan fingerprint density at radius 2 is 1.11 bits per heavy atom. The second-order valence-electron chi connectivity index (χ2n) is 22.5. The summed E-state index contributed by atoms with van der Waals surface area (Å²) in [5.74, 6) is 5.14. The van der Waals surface area contributed by atoms with Gasteiger partial charge in [0.15, 0.2) is 0 Å². The van der Waals surface area contributed by atoms with Crippen LogP contribution in [0.25, 0.3) is 38.9 Å². The lowest BCUT2D eigenvalue weighted by molar-refractivity contribution is -2.00. The van der Waals surface area contributed by atoms with Crippen LogP contribution < -0.4 is 71.3 Å². The van der Waals surface area contributed by atoms with Gasteiger partial charge < -0.3 is 28.2 Å². The van der Waals surface area contributed by atoms with E-state index in [2.05, 4.69) is 243 Å². The summed E-state index contributed by atoms with van der Waals surface area (Å²) in [5, 5.41) is 3.74. The van der Waals surface area contributed by atoms with Gasteiger partial charge in [-0.05, 0) is 134 Å². The Hall–Kier alpha value is -4.61. The number of halogens is 6. The molecule has 88 heavy (non-hydrogen) atoms. The molecule has 0 amide bonds. The van der Waals surface area contributed by atoms with Crippen LogP contribution in [0, 0.1) is 27.4 Å². The van der Waals surface area contributed by atoms with E-state index in [4.69, 9.17) is 46.1 Å². The maximum absolute atomic E-state index is 9.67. The number of hydrogen-bond acceptors (Lipinski definition) is 16. The highest BCUT2D eigenvalue weighted by Gasteiger charge is 2.27. The summed E-state index contributed by atoms with van der Waals surface area (Å²) in [5.41, 5.74) is 7.47. The van der Waals surface area contributed by atoms with Gasteiger partial charge in [-0.2, -0.15) is 4.57 Å². The molecule has 1 aromatic heterocycles. The third-order valence-electron chi connectivity index (χ3n) is 13.2. The Bertz CT molecular complexity index is 3320. The van der Waals surface area contributed by atoms with Gasteiger partial charge in [0.05, 0.1) is 22.8 Å². The molecule has 0 spiro atoms. The third kappa shape index (κ3) is 27.5. The lowest BCUT2D eigenvalue weighted by Crippen LogP contribution is -3.00. The molecular formula is C62H87BCl2F4N6O10S3. The molecule has 16 nitrogen and oxygen atoms in total. The average molecular weight is 1330 g/mol. The van der Waals surface area contributed by atoms with Crippen molar-refractivity contribution in [2.75, 3.05) is 84.7 Å². The molecule has 8 rings (SSSR count). The van der Waals surface area contributed by atoms with E-state index in [1.54, 1.807) is 0 Å². The van der Waals surface area contributed by atoms with E-state index in [-0.39, 0.29) is 15.5 Å². The Morgan fingerprint density at radius 1 is 0.659 bits per heavy atom. The predicted octanol–water partition coefficient (Wildman–Crippen LogP) is 1.78. The van der Waals surface area contributed by atoms with Gasteiger partial charge in [-0.25, -0.2) is 46.4 Å². The van der Waals surface area contributed by atoms with Crippen LogP contribution in [0.15, 0.2) is 120 Å². The van der Waals surface area contributed by atoms with Crippen molar-refractivity contribution in [1.29, 1.82) is 0 Å². The van der Waals surface area contributed by atoms with Crippen molar-refractivity contribution in [3.63, 3.8) is 0 Å². The number of thiazole rings is 1. The maximum atomic E-state index is 9.67. The largest absolute Gasteiger partial charge is 1.00 e. The lowest BCUT2D eigenvalue weighted by Gasteiger charge is -2.22. The van der Waals surface area contributed by atoms with E-state index in [1.807, 2.05) is 34.9 Å². The van der Waals surface area contributed by atoms with Gasteiger partial charge in [-0.3, -0.25) is 12.9 Å². The topological polar surface area (TPSA) is 230 Å². The number of fused-ring (bicyclic) bond motifs is 4. The average Bonchev–Trinajstić information content (AvgIpc) is 2.26. The number of benzene rings is 4. The summed E-state index contributed by atoms with van der Waals surface area (Å²) in [6.45, 7) is 34.8. The van der Waals surface area contributed by atoms with Crippen molar-refractivity contribution in [2.45, 2.75) is 123 Å². The minimum atomic E-state index is -4.94. The summed E-state index contributed by atoms with van der Waals surface area (Å²) in [7, 11) is -5.03. The van der Waals surface area contributed by atoms with Gasteiger partial charge >= 0.3 is 7.54 Å². The Morgan fingerprint density at radius 3 is 1.57 bits per heavy atom. The number of aromatic nitrogens is 1. The van der Waals surface area contributed by atoms with Crippen LogP contribution in [0.5, 0.6) is 0 Å². The SMILES string of the molecule is CCN1/C(=C/c2cc(C(C)(C)C)oc3cc(=[N+](CC)CCCN(C)C)ccc2-3)Sc2ccccc21.CCSc1sc2ccccc2[n+]1CC.CC[N+](CCCN(C)C)=c1ccc2c(C)cc(C(C)(C)C)oc-2c1.FB(F)F.[F-].[O-][Cl+3]([O-])([O-])[O-].[O-][Cl+3]([O-])([O-])[O-]. The van der Waals surface area contributed by atoms with Gasteiger partial charge in [-0.15, -0.1) is 20.5 Å². The molecule has 5 aliphatic rings. The Labute approximate surface area is 534 Å². The fraction of sp³-hybridized carbons (Fsp3) is 0.468. The zero-order valence-corrected chi connectivity index (χ0v) is 57.4. The van der Waals surface area contributed by atoms with Crippen LogP contribution in [-0.2, 0) is 17.4 Å². The molecule has 0 atom stereocenters. The number of thioether (sulfide) groups is 2. The third-order valence-corrected chi connectivity index (χ3v) is 16.6. The van der Waals surface area contributed by atoms with Crippen LogP contribution >= 0.6 is 34.9 Å². The van der Waals surface area contributed by atoms with Gasteiger partial charge in [0, 0.05) is 83.3 Å². The first-order chi connectivity index (χ1) is 40.5. The van der Waals surface area contributed by atoms with E-state index >= 15 is 0 Å². The highest BCUT2D eigenvalue weighted by Crippen LogP contribution is 2.47. The normalized spacial score (nSPS) is 13.5. The Kier molecular flexibility index (Phi) is 33.5. The molecule has 0 saturated carbocycles. The molecule has 2 aliphatic carbocycles. The molecule has 26 heteroatoms. The van der Waals surface area contributed by atoms with Crippen molar-refractivity contribution in [3.8, 4) is 22.6 Å². The van der Waals surface area contributed by atoms with Crippen molar-refractivity contribution in [2.24, 2.45) is 0 Å². The van der Waals surface area contributed by atoms with Crippen LogP contribution in [0.3, 0.4) is 0 Å². The van der Waals surface area contributed by atoms with E-state index in [0.29, 0.717) is 0 Å². The summed E-state index contributed by atoms with van der Waals surface area (Å²) >= 11 is 5.69. The molecule has 3 aromatic rings. The van der Waals surface area contributed by atoms with Crippen LogP contribution in [-0.4, -0.2) is 97.1 Å². The van der Waals surface area contributed by atoms with Crippen molar-refractivity contribution in [1.82, 2.24) is 19.0 Å². The highest BCUT2D eigenvalue weighted by molar-refractivity contribution is 8.04. The molecule has 0 radical (unpaired) electrons. The number of nitrogens with zero attached hydrogens (tertiary/aromatic N) is 6. The number of para-hydroxylation sites is 2. The second-order valence-corrected chi connectivity index (χ2v) is 27.6. The smallest absolute Gasteiger partial charge is 0.762 e. The van der Waals surface area contributed by atoms with Crippen molar-refractivity contribution < 1.29 is 88.8 Å². The standard InChI is InChI=1S/C30H40N3OS.C21H33N2O.C11H14NS2.BF3.2ClHO4.FH/c1-8-32(18-12-17-31(6)7)23-15-16-24-22(19-28(30(3,4)5)34-26(24)21-23)20-29-33(9-2)25-13-10-11-14-27(25)35-29;1-8-23(13-9-12-22(6)7)17-10-11-18-16(2)14-20(21(3,4)5)24-19(18)15-17;1-3-12-9-7-5-6-8-10(9)14-11(12)13-4-2;2-1(3)4;2*2-1(3,4)5;/h10-11,13-16,19-21H,8-9,12,17-18H2,1-7H3;10-11,14-15H,8-9,12-13H2,1-7H3;5-8H,3-4H2,1-2H3;;2*(H,2,3,4,5);1H/q3*+1;;;;/p-3. The molecular weight excluding hydrogens is 1240 g/mol. The molecule has 0 N–H and O–H groups in total. The Balaban J connectivity index is 0.000000428. The molecule has 0 saturated heterocycles. The van der Waals surface area contributed by atoms with E-state index in [9.17, 15) is 12.9 Å². The highest BCUT2D eigenvalue weighted by atomic mass is 35.7. The quantitative estimate of drug-likeness (QED) is 0.0617. The van der Waals surface area contributed by atoms with Crippen molar-refractivity contribution >= 4 is 64.4 Å². The minimum absolute atomic E-state index is 0.